The molecule has 1 saturated carbocycles. The summed E-state index contributed by atoms with van der Waals surface area (Å²) in [4.78, 5) is 53.1. The van der Waals surface area contributed by atoms with Gasteiger partial charge in [0.15, 0.2) is 0 Å². The summed E-state index contributed by atoms with van der Waals surface area (Å²) in [6.07, 6.45) is 6.36. The number of hydrogen-bond acceptors (Lipinski definition) is 8. The highest BCUT2D eigenvalue weighted by molar-refractivity contribution is 7.99. The molecule has 11 heteroatoms. The number of rotatable bonds is 11. The number of amides is 4. The van der Waals surface area contributed by atoms with Gasteiger partial charge in [0, 0.05) is 25.4 Å². The Morgan fingerprint density at radius 2 is 1.97 bits per heavy atom. The maximum atomic E-state index is 13.2. The van der Waals surface area contributed by atoms with Crippen LogP contribution in [0.2, 0.25) is 0 Å². The third-order valence-corrected chi connectivity index (χ3v) is 6.66. The fraction of sp³-hybridized carbons (Fsp3) is 0.714. The quantitative estimate of drug-likeness (QED) is 0.212. The van der Waals surface area contributed by atoms with Gasteiger partial charge in [-0.15, -0.1) is 10.2 Å². The molecule has 2 aliphatic rings. The largest absolute Gasteiger partial charge is 0.408 e. The molecule has 2 fully saturated rings. The number of hydrogen-bond donors (Lipinski definition) is 0. The summed E-state index contributed by atoms with van der Waals surface area (Å²) in [5, 5.41) is 8.04. The molecule has 2 heterocycles. The summed E-state index contributed by atoms with van der Waals surface area (Å²) in [6.45, 7) is 4.32. The molecule has 1 aromatic rings. The van der Waals surface area contributed by atoms with Crippen LogP contribution in [0.5, 0.6) is 0 Å². The summed E-state index contributed by atoms with van der Waals surface area (Å²) in [5.74, 6) is -0.122. The second-order valence-electron chi connectivity index (χ2n) is 8.76. The summed E-state index contributed by atoms with van der Waals surface area (Å²) in [5.41, 5.74) is 0. The smallest absolute Gasteiger partial charge is 0.326 e. The Balaban J connectivity index is 1.64. The first-order chi connectivity index (χ1) is 15.3. The molecular formula is C21H31N5O5S. The topological polar surface area (TPSA) is 117 Å². The first-order valence-electron chi connectivity index (χ1n) is 11.1. The number of likely N-dealkylation sites (N-methyl/N-ethyl adjacent to an activating group) is 1. The van der Waals surface area contributed by atoms with Gasteiger partial charge in [-0.2, -0.15) is 0 Å². The van der Waals surface area contributed by atoms with Gasteiger partial charge in [0.1, 0.15) is 12.6 Å². The van der Waals surface area contributed by atoms with E-state index < -0.39 is 6.04 Å². The molecule has 1 aromatic heterocycles. The van der Waals surface area contributed by atoms with E-state index in [0.717, 1.165) is 38.5 Å². The average molecular weight is 466 g/mol. The van der Waals surface area contributed by atoms with Crippen LogP contribution in [0.15, 0.2) is 9.64 Å². The Kier molecular flexibility index (Phi) is 8.27. The van der Waals surface area contributed by atoms with Gasteiger partial charge in [-0.05, 0) is 25.2 Å². The van der Waals surface area contributed by atoms with Gasteiger partial charge in [-0.25, -0.2) is 4.79 Å². The lowest BCUT2D eigenvalue weighted by Gasteiger charge is -2.36. The maximum absolute atomic E-state index is 13.2. The van der Waals surface area contributed by atoms with Crippen LogP contribution in [0.1, 0.15) is 63.1 Å². The zero-order valence-electron chi connectivity index (χ0n) is 18.9. The van der Waals surface area contributed by atoms with Crippen LogP contribution >= 0.6 is 11.8 Å². The van der Waals surface area contributed by atoms with Gasteiger partial charge < -0.3 is 14.2 Å². The fourth-order valence-corrected chi connectivity index (χ4v) is 4.91. The minimum atomic E-state index is -0.635. The van der Waals surface area contributed by atoms with E-state index in [1.807, 2.05) is 13.8 Å². The molecule has 0 spiro atoms. The zero-order chi connectivity index (χ0) is 23.3. The molecule has 10 nitrogen and oxygen atoms in total. The Morgan fingerprint density at radius 1 is 1.25 bits per heavy atom. The normalized spacial score (nSPS) is 18.5. The Hall–Kier alpha value is -2.43. The minimum Gasteiger partial charge on any atom is -0.408 e. The number of nitrogens with zero attached hydrogens (tertiary/aromatic N) is 5. The van der Waals surface area contributed by atoms with E-state index in [0.29, 0.717) is 12.2 Å². The number of aromatic nitrogens is 2. The molecule has 0 bridgehead atoms. The van der Waals surface area contributed by atoms with Crippen LogP contribution in [0.25, 0.3) is 0 Å². The van der Waals surface area contributed by atoms with Crippen molar-refractivity contribution in [3.8, 4) is 0 Å². The number of thioether (sulfide) groups is 1. The molecule has 4 amide bonds. The second kappa shape index (κ2) is 10.9. The molecule has 176 valence electrons. The van der Waals surface area contributed by atoms with Crippen molar-refractivity contribution >= 4 is 35.9 Å². The summed E-state index contributed by atoms with van der Waals surface area (Å²) in [7, 11) is 1.58. The van der Waals surface area contributed by atoms with E-state index in [1.54, 1.807) is 11.9 Å². The molecular weight excluding hydrogens is 434 g/mol. The van der Waals surface area contributed by atoms with Crippen molar-refractivity contribution in [2.24, 2.45) is 5.92 Å². The van der Waals surface area contributed by atoms with Gasteiger partial charge in [0.2, 0.25) is 18.1 Å². The standard InChI is InChI=1S/C21H31N5O5S/c1-14(2)11-16(26(13-27)15-7-5-4-6-8-15)18(29)19-22-23-20(31-19)32-10-9-25-17(28)12-24(3)21(25)30/h13-16H,4-12H2,1-3H3/t16-/m0/s1. The summed E-state index contributed by atoms with van der Waals surface area (Å²) >= 11 is 1.18. The van der Waals surface area contributed by atoms with Crippen LogP contribution in [0.4, 0.5) is 4.79 Å². The Labute approximate surface area is 192 Å². The second-order valence-corrected chi connectivity index (χ2v) is 9.81. The van der Waals surface area contributed by atoms with Crippen molar-refractivity contribution < 1.29 is 23.6 Å². The average Bonchev–Trinajstić information content (AvgIpc) is 3.33. The highest BCUT2D eigenvalue weighted by atomic mass is 32.2. The fourth-order valence-electron chi connectivity index (χ4n) is 4.23. The van der Waals surface area contributed by atoms with Crippen LogP contribution in [0, 0.1) is 5.92 Å². The Bertz CT molecular complexity index is 838. The van der Waals surface area contributed by atoms with Crippen molar-refractivity contribution in [1.82, 2.24) is 24.9 Å². The lowest BCUT2D eigenvalue weighted by atomic mass is 9.91. The van der Waals surface area contributed by atoms with E-state index in [2.05, 4.69) is 10.2 Å². The van der Waals surface area contributed by atoms with Crippen molar-refractivity contribution in [1.29, 1.82) is 0 Å². The number of urea groups is 1. The molecule has 32 heavy (non-hydrogen) atoms. The van der Waals surface area contributed by atoms with E-state index >= 15 is 0 Å². The molecule has 1 atom stereocenters. The molecule has 3 rings (SSSR count). The lowest BCUT2D eigenvalue weighted by molar-refractivity contribution is -0.125. The van der Waals surface area contributed by atoms with Crippen molar-refractivity contribution in [3.05, 3.63) is 5.89 Å². The van der Waals surface area contributed by atoms with Gasteiger partial charge >= 0.3 is 6.03 Å². The number of Topliss-reactive ketones (excluding diaryl/α,β-unsaturated/α-hetero) is 1. The first-order valence-corrected chi connectivity index (χ1v) is 12.1. The van der Waals surface area contributed by atoms with Gasteiger partial charge in [-0.1, -0.05) is 44.9 Å². The van der Waals surface area contributed by atoms with Crippen LogP contribution in [-0.2, 0) is 9.59 Å². The predicted molar refractivity (Wildman–Crippen MR) is 117 cm³/mol. The highest BCUT2D eigenvalue weighted by Crippen LogP contribution is 2.27. The number of carbonyl (C=O) groups excluding carboxylic acids is 4. The van der Waals surface area contributed by atoms with Gasteiger partial charge in [-0.3, -0.25) is 19.3 Å². The molecule has 1 aliphatic heterocycles. The molecule has 0 radical (unpaired) electrons. The SMILES string of the molecule is CC(C)C[C@@H](C(=O)c1nnc(SCCN2C(=O)CN(C)C2=O)o1)N(C=O)C1CCCCC1. The number of ketones is 1. The number of carbonyl (C=O) groups is 4. The monoisotopic (exact) mass is 465 g/mol. The molecule has 1 saturated heterocycles. The Morgan fingerprint density at radius 3 is 2.56 bits per heavy atom. The van der Waals surface area contributed by atoms with Crippen LogP contribution in [-0.4, -0.2) is 87.0 Å². The van der Waals surface area contributed by atoms with Crippen LogP contribution in [0.3, 0.4) is 0 Å². The third-order valence-electron chi connectivity index (χ3n) is 5.86. The van der Waals surface area contributed by atoms with Gasteiger partial charge in [0.25, 0.3) is 11.1 Å². The molecule has 0 aromatic carbocycles. The zero-order valence-corrected chi connectivity index (χ0v) is 19.7. The van der Waals surface area contributed by atoms with E-state index in [1.165, 1.54) is 21.6 Å². The third kappa shape index (κ3) is 5.67. The number of imide groups is 1. The maximum Gasteiger partial charge on any atom is 0.326 e. The molecule has 0 unspecified atom stereocenters. The van der Waals surface area contributed by atoms with Crippen LogP contribution < -0.4 is 0 Å². The van der Waals surface area contributed by atoms with E-state index in [4.69, 9.17) is 4.42 Å². The molecule has 0 N–H and O–H groups in total. The van der Waals surface area contributed by atoms with Gasteiger partial charge in [0.05, 0.1) is 0 Å². The first kappa shape index (κ1) is 24.2. The predicted octanol–water partition coefficient (Wildman–Crippen LogP) is 2.44. The highest BCUT2D eigenvalue weighted by Gasteiger charge is 2.35. The van der Waals surface area contributed by atoms with Crippen molar-refractivity contribution in [2.75, 3.05) is 25.9 Å². The van der Waals surface area contributed by atoms with Crippen molar-refractivity contribution in [2.45, 2.75) is 69.7 Å². The summed E-state index contributed by atoms with van der Waals surface area (Å²) in [6, 6.07) is -0.908. The van der Waals surface area contributed by atoms with E-state index in [9.17, 15) is 19.2 Å². The lowest BCUT2D eigenvalue weighted by Crippen LogP contribution is -2.48. The summed E-state index contributed by atoms with van der Waals surface area (Å²) < 4.78 is 5.58. The van der Waals surface area contributed by atoms with Crippen molar-refractivity contribution in [3.63, 3.8) is 0 Å². The molecule has 1 aliphatic carbocycles. The van der Waals surface area contributed by atoms with E-state index in [-0.39, 0.29) is 53.9 Å². The minimum absolute atomic E-state index is 0.0550.